The summed E-state index contributed by atoms with van der Waals surface area (Å²) in [7, 11) is -2.10. The fraction of sp³-hybridized carbons (Fsp3) is 0.409. The quantitative estimate of drug-likeness (QED) is 0.500. The van der Waals surface area contributed by atoms with Crippen molar-refractivity contribution < 1.29 is 18.1 Å². The Hall–Kier alpha value is -2.78. The molecule has 0 aromatic heterocycles. The number of carbonyl (C=O) groups is 1. The van der Waals surface area contributed by atoms with E-state index in [4.69, 9.17) is 0 Å². The molecular formula is C22H27N3O5S. The SMILES string of the molecule is Cc1ccc([N+](=O)[O-])cc1S(=O)(=O)N1CCC(C(=O)N(C)C(C)c2ccccc2)CC1. The first-order valence-electron chi connectivity index (χ1n) is 10.2. The van der Waals surface area contributed by atoms with E-state index in [2.05, 4.69) is 0 Å². The van der Waals surface area contributed by atoms with Crippen LogP contribution in [0.2, 0.25) is 0 Å². The maximum Gasteiger partial charge on any atom is 0.270 e. The summed E-state index contributed by atoms with van der Waals surface area (Å²) < 4.78 is 27.5. The van der Waals surface area contributed by atoms with Crippen molar-refractivity contribution in [3.05, 3.63) is 69.8 Å². The molecule has 0 radical (unpaired) electrons. The average Bonchev–Trinajstić information content (AvgIpc) is 2.78. The molecule has 0 aliphatic carbocycles. The van der Waals surface area contributed by atoms with Gasteiger partial charge in [-0.1, -0.05) is 36.4 Å². The van der Waals surface area contributed by atoms with Crippen LogP contribution >= 0.6 is 0 Å². The minimum atomic E-state index is -3.87. The van der Waals surface area contributed by atoms with Gasteiger partial charge in [-0.2, -0.15) is 4.31 Å². The zero-order valence-electron chi connectivity index (χ0n) is 17.9. The molecule has 8 nitrogen and oxygen atoms in total. The number of sulfonamides is 1. The Morgan fingerprint density at radius 3 is 2.35 bits per heavy atom. The number of non-ortho nitro benzene ring substituents is 1. The van der Waals surface area contributed by atoms with Crippen molar-refractivity contribution in [3.8, 4) is 0 Å². The smallest absolute Gasteiger partial charge is 0.270 e. The number of piperidine rings is 1. The third-order valence-corrected chi connectivity index (χ3v) is 8.05. The largest absolute Gasteiger partial charge is 0.339 e. The molecule has 1 saturated heterocycles. The zero-order chi connectivity index (χ0) is 22.8. The second-order valence-corrected chi connectivity index (χ2v) is 9.83. The second-order valence-electron chi connectivity index (χ2n) is 7.92. The highest BCUT2D eigenvalue weighted by Crippen LogP contribution is 2.30. The van der Waals surface area contributed by atoms with Crippen LogP contribution in [0.5, 0.6) is 0 Å². The topological polar surface area (TPSA) is 101 Å². The van der Waals surface area contributed by atoms with Gasteiger partial charge >= 0.3 is 0 Å². The van der Waals surface area contributed by atoms with Gasteiger partial charge in [0.15, 0.2) is 0 Å². The van der Waals surface area contributed by atoms with Crippen LogP contribution < -0.4 is 0 Å². The summed E-state index contributed by atoms with van der Waals surface area (Å²) in [5.74, 6) is -0.256. The van der Waals surface area contributed by atoms with E-state index in [0.717, 1.165) is 11.6 Å². The molecule has 0 bridgehead atoms. The molecule has 9 heteroatoms. The Balaban J connectivity index is 1.69. The number of hydrogen-bond acceptors (Lipinski definition) is 5. The molecule has 1 unspecified atom stereocenters. The van der Waals surface area contributed by atoms with E-state index < -0.39 is 14.9 Å². The van der Waals surface area contributed by atoms with Gasteiger partial charge < -0.3 is 4.90 Å². The highest BCUT2D eigenvalue weighted by atomic mass is 32.2. The summed E-state index contributed by atoms with van der Waals surface area (Å²) in [5, 5.41) is 11.1. The van der Waals surface area contributed by atoms with E-state index >= 15 is 0 Å². The molecule has 2 aromatic rings. The van der Waals surface area contributed by atoms with E-state index in [9.17, 15) is 23.3 Å². The van der Waals surface area contributed by atoms with Gasteiger partial charge in [0.1, 0.15) is 0 Å². The van der Waals surface area contributed by atoms with Crippen LogP contribution in [0, 0.1) is 23.0 Å². The van der Waals surface area contributed by atoms with Gasteiger partial charge in [0.05, 0.1) is 15.9 Å². The lowest BCUT2D eigenvalue weighted by molar-refractivity contribution is -0.385. The number of carbonyl (C=O) groups excluding carboxylic acids is 1. The molecule has 0 spiro atoms. The lowest BCUT2D eigenvalue weighted by Crippen LogP contribution is -2.44. The Labute approximate surface area is 182 Å². The number of amides is 1. The average molecular weight is 446 g/mol. The Kier molecular flexibility index (Phi) is 6.76. The van der Waals surface area contributed by atoms with Gasteiger partial charge in [-0.15, -0.1) is 0 Å². The van der Waals surface area contributed by atoms with Crippen molar-refractivity contribution in [1.29, 1.82) is 0 Å². The highest BCUT2D eigenvalue weighted by Gasteiger charge is 2.35. The lowest BCUT2D eigenvalue weighted by Gasteiger charge is -2.34. The maximum atomic E-state index is 13.1. The highest BCUT2D eigenvalue weighted by molar-refractivity contribution is 7.89. The molecule has 1 atom stereocenters. The number of nitro benzene ring substituents is 1. The maximum absolute atomic E-state index is 13.1. The third-order valence-electron chi connectivity index (χ3n) is 6.01. The minimum Gasteiger partial charge on any atom is -0.339 e. The number of aryl methyl sites for hydroxylation is 1. The zero-order valence-corrected chi connectivity index (χ0v) is 18.7. The number of benzene rings is 2. The summed E-state index contributed by atoms with van der Waals surface area (Å²) >= 11 is 0. The normalized spacial score (nSPS) is 16.6. The van der Waals surface area contributed by atoms with Crippen LogP contribution in [-0.2, 0) is 14.8 Å². The summed E-state index contributed by atoms with van der Waals surface area (Å²) in [6.45, 7) is 3.99. The van der Waals surface area contributed by atoms with Crippen molar-refractivity contribution >= 4 is 21.6 Å². The Morgan fingerprint density at radius 1 is 1.16 bits per heavy atom. The minimum absolute atomic E-state index is 0.0000643. The molecule has 166 valence electrons. The summed E-state index contributed by atoms with van der Waals surface area (Å²) in [5.41, 5.74) is 1.24. The standard InChI is InChI=1S/C22H27N3O5S/c1-16-9-10-20(25(27)28)15-21(16)31(29,30)24-13-11-19(12-14-24)22(26)23(3)17(2)18-7-5-4-6-8-18/h4-10,15,17,19H,11-14H2,1-3H3. The van der Waals surface area contributed by atoms with Crippen LogP contribution in [0.25, 0.3) is 0 Å². The molecule has 0 saturated carbocycles. The predicted molar refractivity (Wildman–Crippen MR) is 117 cm³/mol. The number of nitro groups is 1. The first-order valence-corrected chi connectivity index (χ1v) is 11.6. The molecule has 1 aliphatic heterocycles. The Morgan fingerprint density at radius 2 is 1.77 bits per heavy atom. The molecular weight excluding hydrogens is 418 g/mol. The van der Waals surface area contributed by atoms with Gasteiger partial charge in [-0.25, -0.2) is 8.42 Å². The van der Waals surface area contributed by atoms with E-state index in [0.29, 0.717) is 18.4 Å². The first-order chi connectivity index (χ1) is 14.6. The van der Waals surface area contributed by atoms with Gasteiger partial charge in [-0.05, 0) is 37.8 Å². The van der Waals surface area contributed by atoms with E-state index in [1.165, 1.54) is 16.4 Å². The molecule has 3 rings (SSSR count). The van der Waals surface area contributed by atoms with E-state index in [-0.39, 0.29) is 41.5 Å². The summed E-state index contributed by atoms with van der Waals surface area (Å²) in [4.78, 5) is 25.1. The van der Waals surface area contributed by atoms with Crippen molar-refractivity contribution in [2.75, 3.05) is 20.1 Å². The van der Waals surface area contributed by atoms with Crippen molar-refractivity contribution in [2.45, 2.75) is 37.6 Å². The van der Waals surface area contributed by atoms with E-state index in [1.54, 1.807) is 18.9 Å². The number of rotatable bonds is 6. The number of nitrogens with zero attached hydrogens (tertiary/aromatic N) is 3. The van der Waals surface area contributed by atoms with Crippen LogP contribution in [-0.4, -0.2) is 48.6 Å². The monoisotopic (exact) mass is 445 g/mol. The Bertz CT molecular complexity index is 1060. The first kappa shape index (κ1) is 22.9. The van der Waals surface area contributed by atoms with Crippen LogP contribution in [0.1, 0.15) is 36.9 Å². The van der Waals surface area contributed by atoms with Crippen molar-refractivity contribution in [3.63, 3.8) is 0 Å². The fourth-order valence-electron chi connectivity index (χ4n) is 3.90. The van der Waals surface area contributed by atoms with Crippen molar-refractivity contribution in [2.24, 2.45) is 5.92 Å². The number of hydrogen-bond donors (Lipinski definition) is 0. The molecule has 2 aromatic carbocycles. The lowest BCUT2D eigenvalue weighted by atomic mass is 9.95. The van der Waals surface area contributed by atoms with Gasteiger partial charge in [-0.3, -0.25) is 14.9 Å². The summed E-state index contributed by atoms with van der Waals surface area (Å²) in [6, 6.07) is 13.5. The molecule has 0 N–H and O–H groups in total. The molecule has 1 heterocycles. The molecule has 1 amide bonds. The predicted octanol–water partition coefficient (Wildman–Crippen LogP) is 3.52. The van der Waals surface area contributed by atoms with Gasteiger partial charge in [0.2, 0.25) is 15.9 Å². The fourth-order valence-corrected chi connectivity index (χ4v) is 5.61. The van der Waals surface area contributed by atoms with E-state index in [1.807, 2.05) is 37.3 Å². The molecule has 1 aliphatic rings. The third kappa shape index (κ3) is 4.77. The molecule has 1 fully saturated rings. The molecule has 31 heavy (non-hydrogen) atoms. The van der Waals surface area contributed by atoms with Crippen molar-refractivity contribution in [1.82, 2.24) is 9.21 Å². The second kappa shape index (κ2) is 9.15. The van der Waals surface area contributed by atoms with Crippen LogP contribution in [0.15, 0.2) is 53.4 Å². The van der Waals surface area contributed by atoms with Crippen LogP contribution in [0.3, 0.4) is 0 Å². The summed E-state index contributed by atoms with van der Waals surface area (Å²) in [6.07, 6.45) is 0.829. The van der Waals surface area contributed by atoms with Gasteiger partial charge in [0.25, 0.3) is 5.69 Å². The van der Waals surface area contributed by atoms with Gasteiger partial charge in [0, 0.05) is 38.2 Å². The van der Waals surface area contributed by atoms with Crippen LogP contribution in [0.4, 0.5) is 5.69 Å².